The molecule has 1 atom stereocenters. The highest BCUT2D eigenvalue weighted by molar-refractivity contribution is 5.94. The van der Waals surface area contributed by atoms with Gasteiger partial charge in [-0.05, 0) is 43.7 Å². The van der Waals surface area contributed by atoms with E-state index >= 15 is 0 Å². The Balaban J connectivity index is 1.37. The van der Waals surface area contributed by atoms with Crippen molar-refractivity contribution in [2.75, 3.05) is 53.0 Å². The molecule has 2 aliphatic rings. The third-order valence-electron chi connectivity index (χ3n) is 5.93. The van der Waals surface area contributed by atoms with Gasteiger partial charge in [0.25, 0.3) is 5.91 Å². The van der Waals surface area contributed by atoms with E-state index in [0.29, 0.717) is 44.8 Å². The summed E-state index contributed by atoms with van der Waals surface area (Å²) in [5, 5.41) is 12.7. The molecular weight excluding hydrogens is 398 g/mol. The number of aliphatic hydroxyl groups is 1. The zero-order valence-corrected chi connectivity index (χ0v) is 18.4. The van der Waals surface area contributed by atoms with Gasteiger partial charge in [0.05, 0.1) is 19.1 Å². The summed E-state index contributed by atoms with van der Waals surface area (Å²) in [7, 11) is 1.60. The molecule has 2 aliphatic heterocycles. The maximum absolute atomic E-state index is 12.4. The van der Waals surface area contributed by atoms with Crippen LogP contribution in [0.5, 0.6) is 5.75 Å². The van der Waals surface area contributed by atoms with Crippen molar-refractivity contribution in [3.63, 3.8) is 0 Å². The summed E-state index contributed by atoms with van der Waals surface area (Å²) in [5.41, 5.74) is 0.601. The number of nitrogens with one attached hydrogen (secondary N) is 1. The number of aliphatic hydroxyl groups excluding tert-OH is 1. The van der Waals surface area contributed by atoms with Crippen LogP contribution < -0.4 is 10.1 Å². The van der Waals surface area contributed by atoms with Crippen molar-refractivity contribution >= 4 is 11.8 Å². The van der Waals surface area contributed by atoms with Crippen molar-refractivity contribution in [3.8, 4) is 5.75 Å². The average Bonchev–Trinajstić information content (AvgIpc) is 2.78. The molecule has 2 heterocycles. The summed E-state index contributed by atoms with van der Waals surface area (Å²) in [6.07, 6.45) is 3.71. The number of carbonyl (C=O) groups is 2. The Bertz CT molecular complexity index is 704. The molecule has 0 bridgehead atoms. The van der Waals surface area contributed by atoms with Crippen LogP contribution in [0.2, 0.25) is 0 Å². The molecule has 1 aromatic carbocycles. The number of hydrogen-bond acceptors (Lipinski definition) is 6. The van der Waals surface area contributed by atoms with Crippen LogP contribution in [0.1, 0.15) is 42.5 Å². The van der Waals surface area contributed by atoms with Crippen molar-refractivity contribution in [3.05, 3.63) is 29.8 Å². The Morgan fingerprint density at radius 1 is 1.13 bits per heavy atom. The average molecular weight is 434 g/mol. The number of piperidine rings is 2. The van der Waals surface area contributed by atoms with Gasteiger partial charge in [-0.2, -0.15) is 0 Å². The Morgan fingerprint density at radius 3 is 2.55 bits per heavy atom. The van der Waals surface area contributed by atoms with Gasteiger partial charge in [0.15, 0.2) is 0 Å². The lowest BCUT2D eigenvalue weighted by Gasteiger charge is -2.32. The first-order chi connectivity index (χ1) is 15.0. The molecule has 8 heteroatoms. The number of likely N-dealkylation sites (tertiary alicyclic amines) is 2. The molecular formula is C23H35N3O5. The predicted molar refractivity (Wildman–Crippen MR) is 117 cm³/mol. The molecule has 2 saturated heterocycles. The molecule has 0 aliphatic carbocycles. The van der Waals surface area contributed by atoms with Gasteiger partial charge in [-0.3, -0.25) is 14.5 Å². The van der Waals surface area contributed by atoms with Crippen LogP contribution in [0.15, 0.2) is 24.3 Å². The van der Waals surface area contributed by atoms with E-state index in [1.165, 1.54) is 0 Å². The summed E-state index contributed by atoms with van der Waals surface area (Å²) < 4.78 is 11.0. The molecule has 0 spiro atoms. The van der Waals surface area contributed by atoms with Gasteiger partial charge in [-0.1, -0.05) is 0 Å². The zero-order valence-electron chi connectivity index (χ0n) is 18.4. The Labute approximate surface area is 184 Å². The van der Waals surface area contributed by atoms with Gasteiger partial charge in [0, 0.05) is 58.2 Å². The van der Waals surface area contributed by atoms with Crippen LogP contribution in [0.4, 0.5) is 0 Å². The van der Waals surface area contributed by atoms with Crippen molar-refractivity contribution in [2.45, 2.75) is 44.3 Å². The van der Waals surface area contributed by atoms with E-state index in [-0.39, 0.29) is 24.0 Å². The minimum atomic E-state index is -0.250. The number of benzene rings is 1. The second kappa shape index (κ2) is 12.0. The number of hydrogen-bond donors (Lipinski definition) is 2. The quantitative estimate of drug-likeness (QED) is 0.610. The number of nitrogens with zero attached hydrogens (tertiary/aromatic N) is 2. The van der Waals surface area contributed by atoms with E-state index < -0.39 is 0 Å². The standard InChI is InChI=1S/C23H35N3O5/c1-30-16-10-22(28)26-13-8-21(9-14-26)31-20-6-4-18(5-7-20)23(29)24-11-15-25-12-2-3-19(27)17-25/h4-7,19,21,27H,2-3,8-17H2,1H3,(H,24,29). The second-order valence-corrected chi connectivity index (χ2v) is 8.32. The Kier molecular flexibility index (Phi) is 9.12. The topological polar surface area (TPSA) is 91.3 Å². The van der Waals surface area contributed by atoms with Gasteiger partial charge in [-0.25, -0.2) is 0 Å². The smallest absolute Gasteiger partial charge is 0.251 e. The van der Waals surface area contributed by atoms with E-state index in [0.717, 1.165) is 44.5 Å². The van der Waals surface area contributed by atoms with Crippen LogP contribution in [0, 0.1) is 0 Å². The van der Waals surface area contributed by atoms with E-state index in [1.54, 1.807) is 19.2 Å². The molecule has 2 N–H and O–H groups in total. The molecule has 0 saturated carbocycles. The molecule has 31 heavy (non-hydrogen) atoms. The van der Waals surface area contributed by atoms with Crippen LogP contribution in [-0.2, 0) is 9.53 Å². The number of amides is 2. The summed E-state index contributed by atoms with van der Waals surface area (Å²) in [6, 6.07) is 7.20. The third-order valence-corrected chi connectivity index (χ3v) is 5.93. The van der Waals surface area contributed by atoms with Gasteiger partial charge in [0.2, 0.25) is 5.91 Å². The molecule has 1 unspecified atom stereocenters. The highest BCUT2D eigenvalue weighted by Crippen LogP contribution is 2.20. The summed E-state index contributed by atoms with van der Waals surface area (Å²) in [4.78, 5) is 28.5. The lowest BCUT2D eigenvalue weighted by Crippen LogP contribution is -2.42. The Morgan fingerprint density at radius 2 is 1.87 bits per heavy atom. The number of β-amino-alcohol motifs (C(OH)–C–C–N with tert-alkyl or cyclic N) is 1. The fourth-order valence-electron chi connectivity index (χ4n) is 4.11. The fourth-order valence-corrected chi connectivity index (χ4v) is 4.11. The van der Waals surface area contributed by atoms with Gasteiger partial charge < -0.3 is 24.8 Å². The molecule has 172 valence electrons. The first kappa shape index (κ1) is 23.5. The van der Waals surface area contributed by atoms with Crippen LogP contribution >= 0.6 is 0 Å². The normalized spacial score (nSPS) is 20.5. The lowest BCUT2D eigenvalue weighted by molar-refractivity contribution is -0.133. The maximum Gasteiger partial charge on any atom is 0.251 e. The van der Waals surface area contributed by atoms with Crippen molar-refractivity contribution in [2.24, 2.45) is 0 Å². The van der Waals surface area contributed by atoms with E-state index in [2.05, 4.69) is 10.2 Å². The number of methoxy groups -OCH3 is 1. The van der Waals surface area contributed by atoms with Gasteiger partial charge >= 0.3 is 0 Å². The van der Waals surface area contributed by atoms with E-state index in [4.69, 9.17) is 9.47 Å². The Hall–Kier alpha value is -2.16. The van der Waals surface area contributed by atoms with Gasteiger partial charge in [0.1, 0.15) is 11.9 Å². The highest BCUT2D eigenvalue weighted by Gasteiger charge is 2.23. The summed E-state index contributed by atoms with van der Waals surface area (Å²) >= 11 is 0. The third kappa shape index (κ3) is 7.48. The van der Waals surface area contributed by atoms with Crippen LogP contribution in [0.3, 0.4) is 0 Å². The molecule has 1 aromatic rings. The van der Waals surface area contributed by atoms with E-state index in [1.807, 2.05) is 17.0 Å². The maximum atomic E-state index is 12.4. The first-order valence-electron chi connectivity index (χ1n) is 11.3. The molecule has 3 rings (SSSR count). The number of ether oxygens (including phenoxy) is 2. The molecule has 8 nitrogen and oxygen atoms in total. The first-order valence-corrected chi connectivity index (χ1v) is 11.3. The minimum absolute atomic E-state index is 0.0750. The number of rotatable bonds is 9. The second-order valence-electron chi connectivity index (χ2n) is 8.32. The SMILES string of the molecule is COCCC(=O)N1CCC(Oc2ccc(C(=O)NCCN3CCCC(O)C3)cc2)CC1. The van der Waals surface area contributed by atoms with Crippen LogP contribution in [-0.4, -0.2) is 91.9 Å². The monoisotopic (exact) mass is 433 g/mol. The molecule has 0 radical (unpaired) electrons. The van der Waals surface area contributed by atoms with Crippen molar-refractivity contribution < 1.29 is 24.2 Å². The largest absolute Gasteiger partial charge is 0.490 e. The summed E-state index contributed by atoms with van der Waals surface area (Å²) in [6.45, 7) is 4.81. The molecule has 2 amide bonds. The van der Waals surface area contributed by atoms with Gasteiger partial charge in [-0.15, -0.1) is 0 Å². The van der Waals surface area contributed by atoms with Crippen LogP contribution in [0.25, 0.3) is 0 Å². The lowest BCUT2D eigenvalue weighted by atomic mass is 10.1. The molecule has 2 fully saturated rings. The molecule has 0 aromatic heterocycles. The van der Waals surface area contributed by atoms with Crippen molar-refractivity contribution in [1.29, 1.82) is 0 Å². The summed E-state index contributed by atoms with van der Waals surface area (Å²) in [5.74, 6) is 0.766. The highest BCUT2D eigenvalue weighted by atomic mass is 16.5. The minimum Gasteiger partial charge on any atom is -0.490 e. The van der Waals surface area contributed by atoms with Crippen molar-refractivity contribution in [1.82, 2.24) is 15.1 Å². The fraction of sp³-hybridized carbons (Fsp3) is 0.652. The van der Waals surface area contributed by atoms with E-state index in [9.17, 15) is 14.7 Å². The zero-order chi connectivity index (χ0) is 22.1. The predicted octanol–water partition coefficient (Wildman–Crippen LogP) is 1.28. The number of carbonyl (C=O) groups excluding carboxylic acids is 2.